The van der Waals surface area contributed by atoms with Crippen molar-refractivity contribution in [1.82, 2.24) is 15.0 Å². The van der Waals surface area contributed by atoms with Crippen LogP contribution in [-0.4, -0.2) is 43.0 Å². The molecule has 0 aliphatic carbocycles. The molecular weight excluding hydrogens is 618 g/mol. The topological polar surface area (TPSA) is 158 Å². The number of carbonyl (C=O) groups excluding carboxylic acids is 1. The average Bonchev–Trinajstić information content (AvgIpc) is 3.02. The molecule has 11 nitrogen and oxygen atoms in total. The summed E-state index contributed by atoms with van der Waals surface area (Å²) in [6, 6.07) is 14.2. The number of nitrogens with one attached hydrogen (secondary N) is 2. The van der Waals surface area contributed by atoms with Crippen molar-refractivity contribution in [3.63, 3.8) is 0 Å². The smallest absolute Gasteiger partial charge is 0.264 e. The Morgan fingerprint density at radius 3 is 2.52 bits per heavy atom. The van der Waals surface area contributed by atoms with Gasteiger partial charge in [0.05, 0.1) is 25.1 Å². The number of nitrogens with zero attached hydrogens (tertiary/aromatic N) is 3. The number of nitrogen functional groups attached to an aromatic ring is 1. The number of hydrogen-bond donors (Lipinski definition) is 3. The summed E-state index contributed by atoms with van der Waals surface area (Å²) in [6.07, 6.45) is 4.32. The number of benzene rings is 3. The Balaban J connectivity index is 1.36. The summed E-state index contributed by atoms with van der Waals surface area (Å²) >= 11 is 0. The number of aromatic nitrogens is 3. The van der Waals surface area contributed by atoms with Crippen molar-refractivity contribution in [2.75, 3.05) is 29.5 Å². The van der Waals surface area contributed by atoms with Gasteiger partial charge in [-0.05, 0) is 67.8 Å². The quantitative estimate of drug-likeness (QED) is 0.111. The summed E-state index contributed by atoms with van der Waals surface area (Å²) in [7, 11) is -3.17. The Morgan fingerprint density at radius 2 is 1.76 bits per heavy atom. The Morgan fingerprint density at radius 1 is 0.957 bits per heavy atom. The number of halogens is 2. The molecule has 2 heterocycles. The summed E-state index contributed by atoms with van der Waals surface area (Å²) in [5, 5.41) is 3.50. The van der Waals surface area contributed by atoms with E-state index in [-0.39, 0.29) is 30.5 Å². The lowest BCUT2D eigenvalue weighted by molar-refractivity contribution is -0.116. The van der Waals surface area contributed by atoms with Gasteiger partial charge >= 0.3 is 0 Å². The van der Waals surface area contributed by atoms with E-state index in [2.05, 4.69) is 25.0 Å². The van der Waals surface area contributed by atoms with E-state index in [1.165, 1.54) is 25.7 Å². The first-order chi connectivity index (χ1) is 22.1. The molecule has 14 heteroatoms. The van der Waals surface area contributed by atoms with Gasteiger partial charge in [-0.2, -0.15) is 0 Å². The molecule has 0 atom stereocenters. The third kappa shape index (κ3) is 7.29. The molecule has 4 N–H and O–H groups in total. The third-order valence-corrected chi connectivity index (χ3v) is 8.40. The molecule has 46 heavy (non-hydrogen) atoms. The average molecular weight is 649 g/mol. The molecule has 5 aromatic rings. The molecule has 0 aliphatic heterocycles. The molecular formula is C32H30F2N6O5S. The summed E-state index contributed by atoms with van der Waals surface area (Å²) in [5.74, 6) is -1.93. The second kappa shape index (κ2) is 13.7. The van der Waals surface area contributed by atoms with Gasteiger partial charge in [0.1, 0.15) is 39.8 Å². The van der Waals surface area contributed by atoms with Crippen LogP contribution < -0.4 is 25.2 Å². The van der Waals surface area contributed by atoms with Crippen LogP contribution in [0, 0.1) is 18.6 Å². The number of unbranched alkanes of at least 4 members (excludes halogenated alkanes) is 1. The van der Waals surface area contributed by atoms with Crippen LogP contribution in [0.5, 0.6) is 11.6 Å². The van der Waals surface area contributed by atoms with Crippen molar-refractivity contribution in [2.24, 2.45) is 0 Å². The molecule has 238 valence electrons. The number of aryl methyl sites for hydroxylation is 1. The van der Waals surface area contributed by atoms with Crippen molar-refractivity contribution >= 4 is 43.9 Å². The molecule has 2 aromatic heterocycles. The van der Waals surface area contributed by atoms with Gasteiger partial charge in [-0.25, -0.2) is 32.2 Å². The fourth-order valence-corrected chi connectivity index (χ4v) is 5.78. The first-order valence-corrected chi connectivity index (χ1v) is 15.6. The fraction of sp³-hybridized carbons (Fsp3) is 0.188. The molecule has 0 aliphatic rings. The zero-order valence-electron chi connectivity index (χ0n) is 24.9. The highest BCUT2D eigenvalue weighted by Crippen LogP contribution is 2.36. The number of sulfonamides is 1. The van der Waals surface area contributed by atoms with Crippen molar-refractivity contribution < 1.29 is 31.5 Å². The SMILES string of the molecule is COc1ncc(-c2cc(OCCCCC(=O)Nc3ccccc3N)c3ncnc(C)c3c2)cc1NS(=O)(=O)c1ccc(F)cc1F. The second-order valence-electron chi connectivity index (χ2n) is 10.2. The van der Waals surface area contributed by atoms with Crippen LogP contribution in [0.1, 0.15) is 25.0 Å². The third-order valence-electron chi connectivity index (χ3n) is 7.00. The van der Waals surface area contributed by atoms with Crippen LogP contribution in [0.15, 0.2) is 78.1 Å². The molecule has 0 bridgehead atoms. The lowest BCUT2D eigenvalue weighted by atomic mass is 10.0. The molecule has 0 fully saturated rings. The number of rotatable bonds is 12. The highest BCUT2D eigenvalue weighted by molar-refractivity contribution is 7.92. The van der Waals surface area contributed by atoms with Gasteiger partial charge in [-0.1, -0.05) is 12.1 Å². The Hall–Kier alpha value is -5.37. The van der Waals surface area contributed by atoms with Gasteiger partial charge in [-0.3, -0.25) is 9.52 Å². The first-order valence-electron chi connectivity index (χ1n) is 14.1. The van der Waals surface area contributed by atoms with Gasteiger partial charge in [0, 0.05) is 35.3 Å². The number of fused-ring (bicyclic) bond motifs is 1. The van der Waals surface area contributed by atoms with Crippen molar-refractivity contribution in [3.8, 4) is 22.8 Å². The van der Waals surface area contributed by atoms with E-state index in [4.69, 9.17) is 15.2 Å². The molecule has 0 radical (unpaired) electrons. The molecule has 3 aromatic carbocycles. The van der Waals surface area contributed by atoms with Crippen molar-refractivity contribution in [2.45, 2.75) is 31.1 Å². The number of hydrogen-bond acceptors (Lipinski definition) is 9. The number of nitrogens with two attached hydrogens (primary N) is 1. The largest absolute Gasteiger partial charge is 0.491 e. The van der Waals surface area contributed by atoms with Crippen LogP contribution in [-0.2, 0) is 14.8 Å². The summed E-state index contributed by atoms with van der Waals surface area (Å²) < 4.78 is 67.4. The van der Waals surface area contributed by atoms with Gasteiger partial charge in [0.25, 0.3) is 10.0 Å². The molecule has 0 unspecified atom stereocenters. The number of carbonyl (C=O) groups is 1. The summed E-state index contributed by atoms with van der Waals surface area (Å²) in [5.41, 5.74) is 9.21. The zero-order valence-corrected chi connectivity index (χ0v) is 25.7. The van der Waals surface area contributed by atoms with Gasteiger partial charge < -0.3 is 20.5 Å². The van der Waals surface area contributed by atoms with E-state index >= 15 is 0 Å². The normalized spacial score (nSPS) is 11.3. The Kier molecular flexibility index (Phi) is 9.56. The summed E-state index contributed by atoms with van der Waals surface area (Å²) in [4.78, 5) is 24.5. The Labute approximate surface area is 263 Å². The lowest BCUT2D eigenvalue weighted by Gasteiger charge is -2.15. The predicted molar refractivity (Wildman–Crippen MR) is 170 cm³/mol. The standard InChI is InChI=1S/C32H30F2N6O5S/c1-19-23-13-20(21-14-27(32(44-2)36-17-21)40-46(42,43)29-11-10-22(33)16-24(29)34)15-28(31(23)38-18-37-19)45-12-6-5-9-30(41)39-26-8-4-3-7-25(26)35/h3-4,7-8,10-11,13-18,40H,5-6,9,12,35H2,1-2H3,(H,39,41). The number of amides is 1. The zero-order chi connectivity index (χ0) is 32.8. The van der Waals surface area contributed by atoms with E-state index in [0.29, 0.717) is 63.8 Å². The highest BCUT2D eigenvalue weighted by atomic mass is 32.2. The van der Waals surface area contributed by atoms with E-state index < -0.39 is 26.6 Å². The van der Waals surface area contributed by atoms with E-state index in [0.717, 1.165) is 12.1 Å². The maximum absolute atomic E-state index is 14.3. The monoisotopic (exact) mass is 648 g/mol. The minimum Gasteiger partial charge on any atom is -0.491 e. The maximum Gasteiger partial charge on any atom is 0.264 e. The van der Waals surface area contributed by atoms with Crippen LogP contribution in [0.3, 0.4) is 0 Å². The number of para-hydroxylation sites is 2. The van der Waals surface area contributed by atoms with Gasteiger partial charge in [0.2, 0.25) is 11.8 Å². The van der Waals surface area contributed by atoms with Gasteiger partial charge in [-0.15, -0.1) is 0 Å². The van der Waals surface area contributed by atoms with E-state index in [1.807, 2.05) is 13.0 Å². The first kappa shape index (κ1) is 32.0. The number of methoxy groups -OCH3 is 1. The van der Waals surface area contributed by atoms with E-state index in [1.54, 1.807) is 30.3 Å². The second-order valence-corrected chi connectivity index (χ2v) is 11.9. The molecule has 0 saturated carbocycles. The predicted octanol–water partition coefficient (Wildman–Crippen LogP) is 5.86. The minimum atomic E-state index is -4.48. The highest BCUT2D eigenvalue weighted by Gasteiger charge is 2.23. The van der Waals surface area contributed by atoms with Crippen molar-refractivity contribution in [1.29, 1.82) is 0 Å². The lowest BCUT2D eigenvalue weighted by Crippen LogP contribution is -2.15. The van der Waals surface area contributed by atoms with Gasteiger partial charge in [0.15, 0.2) is 0 Å². The maximum atomic E-state index is 14.3. The molecule has 0 spiro atoms. The van der Waals surface area contributed by atoms with Crippen LogP contribution >= 0.6 is 0 Å². The number of pyridine rings is 1. The van der Waals surface area contributed by atoms with Crippen molar-refractivity contribution in [3.05, 3.63) is 90.5 Å². The minimum absolute atomic E-state index is 0.0643. The van der Waals surface area contributed by atoms with E-state index in [9.17, 15) is 22.0 Å². The number of anilines is 3. The fourth-order valence-electron chi connectivity index (χ4n) is 4.67. The summed E-state index contributed by atoms with van der Waals surface area (Å²) in [6.45, 7) is 2.11. The molecule has 0 saturated heterocycles. The molecule has 5 rings (SSSR count). The molecule has 1 amide bonds. The van der Waals surface area contributed by atoms with Crippen LogP contribution in [0.25, 0.3) is 22.0 Å². The van der Waals surface area contributed by atoms with Crippen LogP contribution in [0.2, 0.25) is 0 Å². The van der Waals surface area contributed by atoms with Crippen LogP contribution in [0.4, 0.5) is 25.8 Å². The Bertz CT molecular complexity index is 2030. The number of ether oxygens (including phenoxy) is 2.